The monoisotopic (exact) mass is 365 g/mol. The number of aliphatic hydroxyl groups excluding tert-OH is 1. The molecule has 0 radical (unpaired) electrons. The fraction of sp³-hybridized carbons (Fsp3) is 0.500. The normalized spacial score (nSPS) is 20.9. The summed E-state index contributed by atoms with van der Waals surface area (Å²) in [4.78, 5) is 2.10. The fourth-order valence-corrected chi connectivity index (χ4v) is 3.01. The highest BCUT2D eigenvalue weighted by Crippen LogP contribution is 2.35. The van der Waals surface area contributed by atoms with Gasteiger partial charge in [-0.2, -0.15) is 8.78 Å². The van der Waals surface area contributed by atoms with Crippen molar-refractivity contribution >= 4 is 0 Å². The van der Waals surface area contributed by atoms with Crippen LogP contribution in [0.4, 0.5) is 8.78 Å². The molecule has 0 bridgehead atoms. The standard InChI is InChI=1S/C20H25F2NO3/c1-13-4-3-5-14(2)23(13)11-17(24)16-8-9-18(26-20(21)22)19(10-16)25-12-15-6-7-15/h3-5,8-10,13,15,17,20,24H,6-7,11-12H2,1-2H3. The average Bonchev–Trinajstić information content (AvgIpc) is 3.41. The lowest BCUT2D eigenvalue weighted by molar-refractivity contribution is -0.0515. The zero-order chi connectivity index (χ0) is 18.7. The van der Waals surface area contributed by atoms with Crippen molar-refractivity contribution in [1.29, 1.82) is 0 Å². The minimum Gasteiger partial charge on any atom is -0.489 e. The Balaban J connectivity index is 1.74. The molecule has 0 spiro atoms. The third-order valence-electron chi connectivity index (χ3n) is 4.78. The third-order valence-corrected chi connectivity index (χ3v) is 4.78. The summed E-state index contributed by atoms with van der Waals surface area (Å²) in [5.41, 5.74) is 1.69. The third kappa shape index (κ3) is 4.75. The number of alkyl halides is 2. The second-order valence-corrected chi connectivity index (χ2v) is 6.94. The lowest BCUT2D eigenvalue weighted by Crippen LogP contribution is -2.35. The van der Waals surface area contributed by atoms with E-state index in [1.165, 1.54) is 6.07 Å². The lowest BCUT2D eigenvalue weighted by atomic mass is 10.1. The molecule has 142 valence electrons. The van der Waals surface area contributed by atoms with Gasteiger partial charge in [-0.05, 0) is 56.4 Å². The number of benzene rings is 1. The van der Waals surface area contributed by atoms with Crippen LogP contribution in [0.25, 0.3) is 0 Å². The highest BCUT2D eigenvalue weighted by Gasteiger charge is 2.24. The van der Waals surface area contributed by atoms with Crippen molar-refractivity contribution in [2.75, 3.05) is 13.2 Å². The molecule has 1 heterocycles. The average molecular weight is 365 g/mol. The Labute approximate surface area is 152 Å². The van der Waals surface area contributed by atoms with Gasteiger partial charge in [-0.25, -0.2) is 0 Å². The van der Waals surface area contributed by atoms with Crippen LogP contribution in [-0.4, -0.2) is 35.8 Å². The van der Waals surface area contributed by atoms with Gasteiger partial charge in [-0.15, -0.1) is 0 Å². The fourth-order valence-electron chi connectivity index (χ4n) is 3.01. The molecule has 1 saturated carbocycles. The molecule has 1 aromatic carbocycles. The van der Waals surface area contributed by atoms with E-state index in [9.17, 15) is 13.9 Å². The van der Waals surface area contributed by atoms with Crippen LogP contribution < -0.4 is 9.47 Å². The van der Waals surface area contributed by atoms with Gasteiger partial charge in [0.2, 0.25) is 0 Å². The molecule has 0 aromatic heterocycles. The van der Waals surface area contributed by atoms with Crippen LogP contribution in [0.5, 0.6) is 11.5 Å². The number of rotatable bonds is 8. The minimum absolute atomic E-state index is 0.00181. The number of hydrogen-bond acceptors (Lipinski definition) is 4. The van der Waals surface area contributed by atoms with Crippen molar-refractivity contribution in [2.45, 2.75) is 45.4 Å². The maximum atomic E-state index is 12.6. The molecule has 2 atom stereocenters. The molecule has 2 aliphatic rings. The highest BCUT2D eigenvalue weighted by molar-refractivity contribution is 5.44. The molecular formula is C20H25F2NO3. The highest BCUT2D eigenvalue weighted by atomic mass is 19.3. The second kappa shape index (κ2) is 8.08. The molecule has 4 nitrogen and oxygen atoms in total. The zero-order valence-corrected chi connectivity index (χ0v) is 15.1. The van der Waals surface area contributed by atoms with Gasteiger partial charge in [0.15, 0.2) is 11.5 Å². The van der Waals surface area contributed by atoms with Crippen LogP contribution in [0.1, 0.15) is 38.4 Å². The summed E-state index contributed by atoms with van der Waals surface area (Å²) in [6.45, 7) is 2.03. The largest absolute Gasteiger partial charge is 0.489 e. The number of ether oxygens (including phenoxy) is 2. The maximum Gasteiger partial charge on any atom is 0.387 e. The topological polar surface area (TPSA) is 41.9 Å². The first-order valence-electron chi connectivity index (χ1n) is 8.95. The summed E-state index contributed by atoms with van der Waals surface area (Å²) in [7, 11) is 0. The van der Waals surface area contributed by atoms with Gasteiger partial charge >= 0.3 is 6.61 Å². The molecule has 1 aromatic rings. The van der Waals surface area contributed by atoms with Crippen molar-refractivity contribution in [3.63, 3.8) is 0 Å². The molecule has 26 heavy (non-hydrogen) atoms. The van der Waals surface area contributed by atoms with E-state index in [1.807, 2.05) is 19.1 Å². The van der Waals surface area contributed by atoms with E-state index in [-0.39, 0.29) is 17.5 Å². The Morgan fingerprint density at radius 2 is 2.04 bits per heavy atom. The van der Waals surface area contributed by atoms with E-state index in [0.717, 1.165) is 18.5 Å². The van der Waals surface area contributed by atoms with Gasteiger partial charge in [0.25, 0.3) is 0 Å². The summed E-state index contributed by atoms with van der Waals surface area (Å²) < 4.78 is 35.5. The summed E-state index contributed by atoms with van der Waals surface area (Å²) >= 11 is 0. The minimum atomic E-state index is -2.91. The molecule has 1 fully saturated rings. The maximum absolute atomic E-state index is 12.6. The Morgan fingerprint density at radius 3 is 2.69 bits per heavy atom. The SMILES string of the molecule is CC1=CC=CC(C)N1CC(O)c1ccc(OC(F)F)c(OCC2CC2)c1. The van der Waals surface area contributed by atoms with Crippen LogP contribution >= 0.6 is 0 Å². The molecule has 1 N–H and O–H groups in total. The predicted octanol–water partition coefficient (Wildman–Crippen LogP) is 4.27. The van der Waals surface area contributed by atoms with Crippen molar-refractivity contribution in [3.05, 3.63) is 47.7 Å². The summed E-state index contributed by atoms with van der Waals surface area (Å²) in [6, 6.07) is 4.83. The molecular weight excluding hydrogens is 340 g/mol. The molecule has 0 saturated heterocycles. The van der Waals surface area contributed by atoms with Crippen LogP contribution in [0, 0.1) is 5.92 Å². The predicted molar refractivity (Wildman–Crippen MR) is 95.3 cm³/mol. The van der Waals surface area contributed by atoms with Crippen molar-refractivity contribution in [1.82, 2.24) is 4.90 Å². The van der Waals surface area contributed by atoms with Gasteiger partial charge in [0, 0.05) is 18.3 Å². The van der Waals surface area contributed by atoms with Gasteiger partial charge in [0.05, 0.1) is 12.7 Å². The molecule has 6 heteroatoms. The Hall–Kier alpha value is -2.08. The number of nitrogens with zero attached hydrogens (tertiary/aromatic N) is 1. The Kier molecular flexibility index (Phi) is 5.81. The van der Waals surface area contributed by atoms with E-state index in [1.54, 1.807) is 12.1 Å². The summed E-state index contributed by atoms with van der Waals surface area (Å²) in [5, 5.41) is 10.7. The second-order valence-electron chi connectivity index (χ2n) is 6.94. The van der Waals surface area contributed by atoms with Gasteiger partial charge in [-0.1, -0.05) is 18.2 Å². The molecule has 3 rings (SSSR count). The Bertz CT molecular complexity index is 686. The first-order valence-corrected chi connectivity index (χ1v) is 8.95. The van der Waals surface area contributed by atoms with Crippen LogP contribution in [-0.2, 0) is 0 Å². The molecule has 1 aliphatic heterocycles. The van der Waals surface area contributed by atoms with Crippen LogP contribution in [0.2, 0.25) is 0 Å². The number of aliphatic hydroxyl groups is 1. The van der Waals surface area contributed by atoms with Crippen molar-refractivity contribution in [3.8, 4) is 11.5 Å². The smallest absolute Gasteiger partial charge is 0.387 e. The van der Waals surface area contributed by atoms with Crippen molar-refractivity contribution < 1.29 is 23.4 Å². The van der Waals surface area contributed by atoms with Crippen molar-refractivity contribution in [2.24, 2.45) is 5.92 Å². The summed E-state index contributed by atoms with van der Waals surface area (Å²) in [5.74, 6) is 0.742. The van der Waals surface area contributed by atoms with Gasteiger partial charge in [0.1, 0.15) is 0 Å². The lowest BCUT2D eigenvalue weighted by Gasteiger charge is -2.34. The Morgan fingerprint density at radius 1 is 1.27 bits per heavy atom. The number of hydrogen-bond donors (Lipinski definition) is 1. The molecule has 2 unspecified atom stereocenters. The number of halogens is 2. The van der Waals surface area contributed by atoms with Gasteiger partial charge < -0.3 is 19.5 Å². The first kappa shape index (κ1) is 18.7. The molecule has 0 amide bonds. The van der Waals surface area contributed by atoms with Crippen LogP contribution in [0.15, 0.2) is 42.1 Å². The van der Waals surface area contributed by atoms with E-state index in [2.05, 4.69) is 22.6 Å². The quantitative estimate of drug-likeness (QED) is 0.747. The zero-order valence-electron chi connectivity index (χ0n) is 15.1. The number of allylic oxidation sites excluding steroid dienone is 3. The van der Waals surface area contributed by atoms with E-state index >= 15 is 0 Å². The van der Waals surface area contributed by atoms with Crippen LogP contribution in [0.3, 0.4) is 0 Å². The van der Waals surface area contributed by atoms with E-state index < -0.39 is 12.7 Å². The van der Waals surface area contributed by atoms with E-state index in [0.29, 0.717) is 24.6 Å². The van der Waals surface area contributed by atoms with E-state index in [4.69, 9.17) is 4.74 Å². The van der Waals surface area contributed by atoms with Gasteiger partial charge in [-0.3, -0.25) is 0 Å². The molecule has 1 aliphatic carbocycles. The first-order chi connectivity index (χ1) is 12.4. The summed E-state index contributed by atoms with van der Waals surface area (Å²) in [6.07, 6.45) is 7.48. The number of β-amino-alcohol motifs (C(OH)–C–C–N with tert-alkyl or cyclic N) is 1.